The molecule has 2 aromatic heterocycles. The van der Waals surface area contributed by atoms with Crippen molar-refractivity contribution in [3.05, 3.63) is 96.1 Å². The Hall–Kier alpha value is -4.00. The highest BCUT2D eigenvalue weighted by Gasteiger charge is 2.16. The highest BCUT2D eigenvalue weighted by atomic mass is 16.2. The molecule has 0 unspecified atom stereocenters. The summed E-state index contributed by atoms with van der Waals surface area (Å²) in [6.07, 6.45) is 3.69. The van der Waals surface area contributed by atoms with E-state index in [2.05, 4.69) is 10.3 Å². The molecule has 0 atom stereocenters. The molecule has 2 heterocycles. The molecule has 0 radical (unpaired) electrons. The third-order valence-electron chi connectivity index (χ3n) is 5.29. The summed E-state index contributed by atoms with van der Waals surface area (Å²) < 4.78 is 1.94. The molecule has 7 heteroatoms. The van der Waals surface area contributed by atoms with Gasteiger partial charge in [0.1, 0.15) is 12.4 Å². The normalized spacial score (nSPS) is 10.8. The van der Waals surface area contributed by atoms with Crippen molar-refractivity contribution in [2.24, 2.45) is 0 Å². The van der Waals surface area contributed by atoms with Gasteiger partial charge in [-0.05, 0) is 29.8 Å². The zero-order valence-corrected chi connectivity index (χ0v) is 17.9. The third kappa shape index (κ3) is 5.00. The van der Waals surface area contributed by atoms with Gasteiger partial charge in [0, 0.05) is 44.5 Å². The molecule has 0 bridgehead atoms. The number of hydrogen-bond acceptors (Lipinski definition) is 4. The van der Waals surface area contributed by atoms with Crippen molar-refractivity contribution in [3.63, 3.8) is 0 Å². The molecule has 0 aliphatic rings. The molecule has 162 valence electrons. The summed E-state index contributed by atoms with van der Waals surface area (Å²) in [6, 6.07) is 21.0. The topological polar surface area (TPSA) is 80.1 Å². The maximum Gasteiger partial charge on any atom is 0.251 e. The SMILES string of the molecule is CN(Cc1ccccc1)C(=O)Cn1c(CCNC(=O)c2ccncc2)nc2ccccc21. The summed E-state index contributed by atoms with van der Waals surface area (Å²) in [5.74, 6) is 0.607. The minimum Gasteiger partial charge on any atom is -0.352 e. The molecule has 2 amide bonds. The fourth-order valence-electron chi connectivity index (χ4n) is 3.59. The first-order chi connectivity index (χ1) is 15.6. The van der Waals surface area contributed by atoms with E-state index in [-0.39, 0.29) is 18.4 Å². The van der Waals surface area contributed by atoms with Gasteiger partial charge in [-0.2, -0.15) is 0 Å². The van der Waals surface area contributed by atoms with Gasteiger partial charge in [-0.25, -0.2) is 4.98 Å². The van der Waals surface area contributed by atoms with E-state index in [1.807, 2.05) is 66.2 Å². The fourth-order valence-corrected chi connectivity index (χ4v) is 3.59. The molecule has 1 N–H and O–H groups in total. The highest BCUT2D eigenvalue weighted by Crippen LogP contribution is 2.17. The van der Waals surface area contributed by atoms with E-state index in [1.54, 1.807) is 29.4 Å². The first-order valence-electron chi connectivity index (χ1n) is 10.5. The average Bonchev–Trinajstić information content (AvgIpc) is 3.17. The van der Waals surface area contributed by atoms with Crippen molar-refractivity contribution in [2.45, 2.75) is 19.5 Å². The molecule has 0 aliphatic heterocycles. The lowest BCUT2D eigenvalue weighted by atomic mass is 10.2. The molecule has 0 saturated heterocycles. The van der Waals surface area contributed by atoms with Gasteiger partial charge in [0.2, 0.25) is 5.91 Å². The number of imidazole rings is 1. The van der Waals surface area contributed by atoms with Crippen molar-refractivity contribution < 1.29 is 9.59 Å². The number of benzene rings is 2. The predicted molar refractivity (Wildman–Crippen MR) is 123 cm³/mol. The summed E-state index contributed by atoms with van der Waals surface area (Å²) in [5.41, 5.74) is 3.38. The minimum atomic E-state index is -0.159. The molecule has 4 aromatic rings. The Morgan fingerprint density at radius 1 is 0.969 bits per heavy atom. The molecule has 0 fully saturated rings. The van der Waals surface area contributed by atoms with E-state index >= 15 is 0 Å². The molecular formula is C25H25N5O2. The zero-order valence-electron chi connectivity index (χ0n) is 17.9. The van der Waals surface area contributed by atoms with Crippen LogP contribution in [-0.4, -0.2) is 44.8 Å². The Kier molecular flexibility index (Phi) is 6.55. The number of para-hydroxylation sites is 2. The summed E-state index contributed by atoms with van der Waals surface area (Å²) >= 11 is 0. The summed E-state index contributed by atoms with van der Waals surface area (Å²) in [5, 5.41) is 2.91. The lowest BCUT2D eigenvalue weighted by molar-refractivity contribution is -0.131. The van der Waals surface area contributed by atoms with Crippen LogP contribution in [-0.2, 0) is 24.3 Å². The maximum absolute atomic E-state index is 13.0. The van der Waals surface area contributed by atoms with Crippen molar-refractivity contribution in [1.29, 1.82) is 0 Å². The third-order valence-corrected chi connectivity index (χ3v) is 5.29. The molecule has 32 heavy (non-hydrogen) atoms. The van der Waals surface area contributed by atoms with E-state index in [1.165, 1.54) is 0 Å². The molecule has 0 saturated carbocycles. The molecule has 2 aromatic carbocycles. The molecule has 4 rings (SSSR count). The number of carbonyl (C=O) groups excluding carboxylic acids is 2. The quantitative estimate of drug-likeness (QED) is 0.469. The van der Waals surface area contributed by atoms with Crippen LogP contribution < -0.4 is 5.32 Å². The van der Waals surface area contributed by atoms with Gasteiger partial charge in [-0.15, -0.1) is 0 Å². The summed E-state index contributed by atoms with van der Waals surface area (Å²) in [7, 11) is 1.81. The van der Waals surface area contributed by atoms with Crippen LogP contribution in [0.15, 0.2) is 79.1 Å². The smallest absolute Gasteiger partial charge is 0.251 e. The van der Waals surface area contributed by atoms with Crippen molar-refractivity contribution in [1.82, 2.24) is 24.8 Å². The van der Waals surface area contributed by atoms with E-state index < -0.39 is 0 Å². The fraction of sp³-hybridized carbons (Fsp3) is 0.200. The Balaban J connectivity index is 1.46. The van der Waals surface area contributed by atoms with Crippen LogP contribution in [0, 0.1) is 0 Å². The second-order valence-corrected chi connectivity index (χ2v) is 7.58. The Labute approximate surface area is 186 Å². The number of nitrogens with zero attached hydrogens (tertiary/aromatic N) is 4. The zero-order chi connectivity index (χ0) is 22.3. The lowest BCUT2D eigenvalue weighted by Crippen LogP contribution is -2.31. The van der Waals surface area contributed by atoms with E-state index in [0.717, 1.165) is 22.4 Å². The van der Waals surface area contributed by atoms with Crippen LogP contribution in [0.1, 0.15) is 21.7 Å². The number of carbonyl (C=O) groups is 2. The number of nitrogens with one attached hydrogen (secondary N) is 1. The van der Waals surface area contributed by atoms with Gasteiger partial charge in [0.15, 0.2) is 0 Å². The average molecular weight is 428 g/mol. The van der Waals surface area contributed by atoms with Gasteiger partial charge in [0.05, 0.1) is 11.0 Å². The van der Waals surface area contributed by atoms with Crippen LogP contribution in [0.4, 0.5) is 0 Å². The van der Waals surface area contributed by atoms with Crippen LogP contribution >= 0.6 is 0 Å². The summed E-state index contributed by atoms with van der Waals surface area (Å²) in [4.78, 5) is 35.6. The van der Waals surface area contributed by atoms with Crippen LogP contribution in [0.25, 0.3) is 11.0 Å². The van der Waals surface area contributed by atoms with Gasteiger partial charge in [-0.3, -0.25) is 14.6 Å². The molecule has 0 aliphatic carbocycles. The number of aromatic nitrogens is 3. The van der Waals surface area contributed by atoms with Crippen LogP contribution in [0.3, 0.4) is 0 Å². The van der Waals surface area contributed by atoms with Gasteiger partial charge >= 0.3 is 0 Å². The van der Waals surface area contributed by atoms with E-state index in [9.17, 15) is 9.59 Å². The largest absolute Gasteiger partial charge is 0.352 e. The number of fused-ring (bicyclic) bond motifs is 1. The number of rotatable bonds is 8. The molecular weight excluding hydrogens is 402 g/mol. The van der Waals surface area contributed by atoms with Crippen molar-refractivity contribution in [2.75, 3.05) is 13.6 Å². The van der Waals surface area contributed by atoms with Gasteiger partial charge in [0.25, 0.3) is 5.91 Å². The first-order valence-corrected chi connectivity index (χ1v) is 10.5. The first kappa shape index (κ1) is 21.2. The number of likely N-dealkylation sites (N-methyl/N-ethyl adjacent to an activating group) is 1. The van der Waals surface area contributed by atoms with Crippen molar-refractivity contribution in [3.8, 4) is 0 Å². The van der Waals surface area contributed by atoms with Crippen LogP contribution in [0.2, 0.25) is 0 Å². The Bertz CT molecular complexity index is 1200. The predicted octanol–water partition coefficient (Wildman–Crippen LogP) is 3.06. The summed E-state index contributed by atoms with van der Waals surface area (Å²) in [6.45, 7) is 1.15. The van der Waals surface area contributed by atoms with Gasteiger partial charge in [-0.1, -0.05) is 42.5 Å². The number of pyridine rings is 1. The Morgan fingerprint density at radius 2 is 1.69 bits per heavy atom. The second-order valence-electron chi connectivity index (χ2n) is 7.58. The van der Waals surface area contributed by atoms with E-state index in [4.69, 9.17) is 4.98 Å². The Morgan fingerprint density at radius 3 is 2.47 bits per heavy atom. The van der Waals surface area contributed by atoms with Gasteiger partial charge < -0.3 is 14.8 Å². The standard InChI is InChI=1S/C25H25N5O2/c1-29(17-19-7-3-2-4-8-19)24(31)18-30-22-10-6-5-9-21(22)28-23(30)13-16-27-25(32)20-11-14-26-15-12-20/h2-12,14-15H,13,16-18H2,1H3,(H,27,32). The lowest BCUT2D eigenvalue weighted by Gasteiger charge is -2.19. The van der Waals surface area contributed by atoms with Crippen molar-refractivity contribution >= 4 is 22.8 Å². The molecule has 7 nitrogen and oxygen atoms in total. The van der Waals surface area contributed by atoms with E-state index in [0.29, 0.717) is 25.1 Å². The molecule has 0 spiro atoms. The minimum absolute atomic E-state index is 0.000854. The van der Waals surface area contributed by atoms with Crippen LogP contribution in [0.5, 0.6) is 0 Å². The monoisotopic (exact) mass is 427 g/mol. The number of amides is 2. The highest BCUT2D eigenvalue weighted by molar-refractivity contribution is 5.93. The number of hydrogen-bond donors (Lipinski definition) is 1. The second kappa shape index (κ2) is 9.87. The maximum atomic E-state index is 13.0.